The van der Waals surface area contributed by atoms with E-state index in [1.54, 1.807) is 0 Å². The lowest BCUT2D eigenvalue weighted by molar-refractivity contribution is 0.166. The van der Waals surface area contributed by atoms with Crippen molar-refractivity contribution in [2.45, 2.75) is 19.6 Å². The molecule has 1 aliphatic rings. The fourth-order valence-corrected chi connectivity index (χ4v) is 2.52. The second kappa shape index (κ2) is 6.81. The molecule has 3 rings (SSSR count). The highest BCUT2D eigenvalue weighted by molar-refractivity contribution is 5.47. The van der Waals surface area contributed by atoms with Crippen molar-refractivity contribution in [3.63, 3.8) is 0 Å². The summed E-state index contributed by atoms with van der Waals surface area (Å²) in [7, 11) is 0. The molecule has 0 saturated heterocycles. The van der Waals surface area contributed by atoms with Gasteiger partial charge in [0.25, 0.3) is 0 Å². The summed E-state index contributed by atoms with van der Waals surface area (Å²) in [6.45, 7) is 4.34. The summed E-state index contributed by atoms with van der Waals surface area (Å²) in [5.41, 5.74) is 3.16. The molecule has 0 saturated carbocycles. The van der Waals surface area contributed by atoms with Gasteiger partial charge < -0.3 is 19.9 Å². The molecule has 2 aromatic rings. The molecule has 0 bridgehead atoms. The summed E-state index contributed by atoms with van der Waals surface area (Å²) in [6, 6.07) is 13.8. The van der Waals surface area contributed by atoms with Crippen LogP contribution in [-0.2, 0) is 6.54 Å². The Bertz CT molecular complexity index is 625. The Kier molecular flexibility index (Phi) is 4.61. The number of benzene rings is 2. The van der Waals surface area contributed by atoms with E-state index >= 15 is 0 Å². The Morgan fingerprint density at radius 3 is 2.68 bits per heavy atom. The number of nitrogens with one attached hydrogen (secondary N) is 1. The third-order valence-corrected chi connectivity index (χ3v) is 3.76. The normalized spacial score (nSPS) is 14.6. The smallest absolute Gasteiger partial charge is 0.165 e. The summed E-state index contributed by atoms with van der Waals surface area (Å²) < 4.78 is 11.3. The molecule has 0 aliphatic carbocycles. The van der Waals surface area contributed by atoms with Crippen LogP contribution in [0.4, 0.5) is 0 Å². The Hall–Kier alpha value is -2.04. The molecule has 0 radical (unpaired) electrons. The van der Waals surface area contributed by atoms with Crippen LogP contribution in [0.3, 0.4) is 0 Å². The van der Waals surface area contributed by atoms with Crippen LogP contribution in [0.25, 0.3) is 0 Å². The molecule has 0 amide bonds. The topological polar surface area (TPSA) is 50.7 Å². The fraction of sp³-hybridized carbons (Fsp3) is 0.333. The van der Waals surface area contributed by atoms with Crippen molar-refractivity contribution in [1.29, 1.82) is 0 Å². The molecule has 1 heterocycles. The van der Waals surface area contributed by atoms with E-state index in [4.69, 9.17) is 9.47 Å². The number of hydrogen-bond donors (Lipinski definition) is 2. The lowest BCUT2D eigenvalue weighted by Gasteiger charge is -2.21. The third kappa shape index (κ3) is 3.40. The number of aryl methyl sites for hydroxylation is 1. The van der Waals surface area contributed by atoms with Crippen LogP contribution in [0.5, 0.6) is 11.5 Å². The van der Waals surface area contributed by atoms with Crippen molar-refractivity contribution in [3.05, 3.63) is 59.2 Å². The van der Waals surface area contributed by atoms with Gasteiger partial charge in [-0.3, -0.25) is 0 Å². The van der Waals surface area contributed by atoms with Crippen molar-refractivity contribution < 1.29 is 14.6 Å². The van der Waals surface area contributed by atoms with Crippen LogP contribution in [0.15, 0.2) is 42.5 Å². The molecule has 1 atom stereocenters. The second-order valence-electron chi connectivity index (χ2n) is 5.50. The maximum atomic E-state index is 10.2. The van der Waals surface area contributed by atoms with Crippen LogP contribution >= 0.6 is 0 Å². The zero-order valence-electron chi connectivity index (χ0n) is 12.7. The van der Waals surface area contributed by atoms with E-state index in [9.17, 15) is 5.11 Å². The first-order chi connectivity index (χ1) is 10.7. The third-order valence-electron chi connectivity index (χ3n) is 3.76. The minimum absolute atomic E-state index is 0.494. The molecule has 0 spiro atoms. The van der Waals surface area contributed by atoms with Gasteiger partial charge in [-0.15, -0.1) is 0 Å². The average molecular weight is 299 g/mol. The fourth-order valence-electron chi connectivity index (χ4n) is 2.52. The van der Waals surface area contributed by atoms with Crippen molar-refractivity contribution in [2.75, 3.05) is 19.8 Å². The van der Waals surface area contributed by atoms with Crippen molar-refractivity contribution in [1.82, 2.24) is 5.32 Å². The average Bonchev–Trinajstić information content (AvgIpc) is 2.55. The molecule has 0 unspecified atom stereocenters. The second-order valence-corrected chi connectivity index (χ2v) is 5.50. The maximum Gasteiger partial charge on any atom is 0.165 e. The molecule has 0 fully saturated rings. The summed E-state index contributed by atoms with van der Waals surface area (Å²) in [5, 5.41) is 13.5. The molecule has 4 nitrogen and oxygen atoms in total. The minimum Gasteiger partial charge on any atom is -0.486 e. The van der Waals surface area contributed by atoms with Crippen molar-refractivity contribution in [3.8, 4) is 11.5 Å². The number of aliphatic hydroxyl groups excluding tert-OH is 1. The number of fused-ring (bicyclic) bond motifs is 1. The van der Waals surface area contributed by atoms with Gasteiger partial charge >= 0.3 is 0 Å². The van der Waals surface area contributed by atoms with Crippen LogP contribution in [0.1, 0.15) is 22.8 Å². The first-order valence-electron chi connectivity index (χ1n) is 7.57. The summed E-state index contributed by atoms with van der Waals surface area (Å²) in [5.74, 6) is 1.61. The van der Waals surface area contributed by atoms with Gasteiger partial charge in [0.1, 0.15) is 13.2 Å². The lowest BCUT2D eigenvalue weighted by Crippen LogP contribution is -2.23. The summed E-state index contributed by atoms with van der Waals surface area (Å²) >= 11 is 0. The van der Waals surface area contributed by atoms with Crippen molar-refractivity contribution >= 4 is 0 Å². The Morgan fingerprint density at radius 2 is 1.86 bits per heavy atom. The van der Waals surface area contributed by atoms with Crippen LogP contribution in [0.2, 0.25) is 0 Å². The molecule has 2 N–H and O–H groups in total. The van der Waals surface area contributed by atoms with E-state index in [0.717, 1.165) is 22.6 Å². The molecule has 2 aromatic carbocycles. The highest BCUT2D eigenvalue weighted by Crippen LogP contribution is 2.33. The van der Waals surface area contributed by atoms with E-state index in [-0.39, 0.29) is 0 Å². The van der Waals surface area contributed by atoms with Gasteiger partial charge in [0.2, 0.25) is 0 Å². The molecule has 116 valence electrons. The van der Waals surface area contributed by atoms with Gasteiger partial charge in [-0.1, -0.05) is 42.0 Å². The van der Waals surface area contributed by atoms with Crippen LogP contribution in [0, 0.1) is 6.92 Å². The van der Waals surface area contributed by atoms with E-state index < -0.39 is 6.10 Å². The SMILES string of the molecule is Cc1ccc([C@H](O)CNCc2cccc3c2OCCO3)cc1. The van der Waals surface area contributed by atoms with Gasteiger partial charge in [-0.2, -0.15) is 0 Å². The van der Waals surface area contributed by atoms with Crippen LogP contribution < -0.4 is 14.8 Å². The zero-order valence-corrected chi connectivity index (χ0v) is 12.7. The predicted molar refractivity (Wildman–Crippen MR) is 85.3 cm³/mol. The Morgan fingerprint density at radius 1 is 1.09 bits per heavy atom. The highest BCUT2D eigenvalue weighted by atomic mass is 16.6. The predicted octanol–water partition coefficient (Wildman–Crippen LogP) is 2.59. The monoisotopic (exact) mass is 299 g/mol. The van der Waals surface area contributed by atoms with Gasteiger partial charge in [-0.25, -0.2) is 0 Å². The largest absolute Gasteiger partial charge is 0.486 e. The van der Waals surface area contributed by atoms with Gasteiger partial charge in [0.15, 0.2) is 11.5 Å². The number of ether oxygens (including phenoxy) is 2. The number of aliphatic hydroxyl groups is 1. The molecule has 22 heavy (non-hydrogen) atoms. The van der Waals surface area contributed by atoms with E-state index in [0.29, 0.717) is 26.3 Å². The number of hydrogen-bond acceptors (Lipinski definition) is 4. The van der Waals surface area contributed by atoms with Gasteiger partial charge in [-0.05, 0) is 18.6 Å². The first kappa shape index (κ1) is 14.9. The molecular weight excluding hydrogens is 278 g/mol. The summed E-state index contributed by atoms with van der Waals surface area (Å²) in [6.07, 6.45) is -0.516. The molecule has 4 heteroatoms. The zero-order chi connectivity index (χ0) is 15.4. The number of para-hydroxylation sites is 1. The molecular formula is C18H21NO3. The summed E-state index contributed by atoms with van der Waals surface area (Å²) in [4.78, 5) is 0. The first-order valence-corrected chi connectivity index (χ1v) is 7.57. The Balaban J connectivity index is 1.58. The minimum atomic E-state index is -0.516. The van der Waals surface area contributed by atoms with Gasteiger partial charge in [0, 0.05) is 18.7 Å². The standard InChI is InChI=1S/C18H21NO3/c1-13-5-7-14(8-6-13)16(20)12-19-11-15-3-2-4-17-18(15)22-10-9-21-17/h2-8,16,19-20H,9-12H2,1H3/t16-/m1/s1. The quantitative estimate of drug-likeness (QED) is 0.891. The van der Waals surface area contributed by atoms with Crippen molar-refractivity contribution in [2.24, 2.45) is 0 Å². The highest BCUT2D eigenvalue weighted by Gasteiger charge is 2.15. The molecule has 1 aliphatic heterocycles. The van der Waals surface area contributed by atoms with E-state index in [1.807, 2.05) is 49.4 Å². The van der Waals surface area contributed by atoms with Crippen LogP contribution in [-0.4, -0.2) is 24.9 Å². The Labute approximate surface area is 130 Å². The van der Waals surface area contributed by atoms with E-state index in [2.05, 4.69) is 5.32 Å². The lowest BCUT2D eigenvalue weighted by atomic mass is 10.1. The maximum absolute atomic E-state index is 10.2. The number of rotatable bonds is 5. The molecule has 0 aromatic heterocycles. The van der Waals surface area contributed by atoms with E-state index in [1.165, 1.54) is 5.56 Å². The van der Waals surface area contributed by atoms with Gasteiger partial charge in [0.05, 0.1) is 6.10 Å².